The van der Waals surface area contributed by atoms with Crippen LogP contribution < -0.4 is 0 Å². The quantitative estimate of drug-likeness (QED) is 0.148. The summed E-state index contributed by atoms with van der Waals surface area (Å²) in [4.78, 5) is 0. The van der Waals surface area contributed by atoms with Gasteiger partial charge >= 0.3 is 30.2 Å². The zero-order chi connectivity index (χ0) is 22.7. The van der Waals surface area contributed by atoms with Crippen molar-refractivity contribution in [2.24, 2.45) is 0 Å². The van der Waals surface area contributed by atoms with Crippen LogP contribution >= 0.6 is 24.8 Å². The van der Waals surface area contributed by atoms with Gasteiger partial charge in [-0.15, -0.1) is 24.8 Å². The molecule has 0 aliphatic heterocycles. The first-order valence-electron chi connectivity index (χ1n) is 11.6. The number of fused-ring (bicyclic) bond motifs is 2. The summed E-state index contributed by atoms with van der Waals surface area (Å²) in [5.74, 6) is 0. The fraction of sp³-hybridized carbons (Fsp3) is 0.267. The monoisotopic (exact) mass is 584 g/mol. The van der Waals surface area contributed by atoms with Gasteiger partial charge in [-0.1, -0.05) is 51.4 Å². The van der Waals surface area contributed by atoms with Crippen LogP contribution in [0.2, 0.25) is 0 Å². The van der Waals surface area contributed by atoms with E-state index in [9.17, 15) is 0 Å². The number of aryl methyl sites for hydroxylation is 4. The van der Waals surface area contributed by atoms with Crippen molar-refractivity contribution < 1.29 is 23.3 Å². The molecule has 0 radical (unpaired) electrons. The van der Waals surface area contributed by atoms with Crippen LogP contribution in [0, 0.1) is 12.1 Å². The smallest absolute Gasteiger partial charge is 0.0512 e. The van der Waals surface area contributed by atoms with Crippen molar-refractivity contribution >= 4 is 31.7 Å². The zero-order valence-corrected chi connectivity index (χ0v) is 25.4. The van der Waals surface area contributed by atoms with Crippen LogP contribution in [0.3, 0.4) is 0 Å². The van der Waals surface area contributed by atoms with E-state index in [1.807, 2.05) is 67.5 Å². The van der Waals surface area contributed by atoms with Crippen molar-refractivity contribution in [3.63, 3.8) is 0 Å². The van der Waals surface area contributed by atoms with Crippen molar-refractivity contribution in [3.8, 4) is 0 Å². The summed E-state index contributed by atoms with van der Waals surface area (Å²) < 4.78 is 0. The minimum absolute atomic E-state index is 0. The SMILES string of the molecule is Cl.Cl.[SiH2]=[Zr].[c-]1ccccc1.[c-]1ccccc1.c1cc2c([cH-]1)CCCC2.c1cc2c([cH-]1)CCCC2. The van der Waals surface area contributed by atoms with Crippen LogP contribution in [-0.2, 0) is 49.0 Å². The maximum Gasteiger partial charge on any atom is -0.0512 e. The summed E-state index contributed by atoms with van der Waals surface area (Å²) in [5, 5.41) is 0. The molecule has 0 atom stereocenters. The van der Waals surface area contributed by atoms with E-state index in [0.29, 0.717) is 0 Å². The van der Waals surface area contributed by atoms with Crippen LogP contribution in [0.1, 0.15) is 47.9 Å². The maximum atomic E-state index is 2.89. The summed E-state index contributed by atoms with van der Waals surface area (Å²) >= 11 is 1.58. The molecule has 0 N–H and O–H groups in total. The maximum absolute atomic E-state index is 2.89. The molecular weight excluding hydrogens is 551 g/mol. The normalized spacial score (nSPS) is 12.1. The minimum Gasteiger partial charge on any atom is -0.210 e. The van der Waals surface area contributed by atoms with Gasteiger partial charge in [0.15, 0.2) is 0 Å². The molecule has 182 valence electrons. The third-order valence-corrected chi connectivity index (χ3v) is 5.51. The molecule has 0 amide bonds. The predicted molar refractivity (Wildman–Crippen MR) is 151 cm³/mol. The topological polar surface area (TPSA) is 0 Å². The van der Waals surface area contributed by atoms with E-state index in [-0.39, 0.29) is 24.8 Å². The van der Waals surface area contributed by atoms with E-state index in [4.69, 9.17) is 0 Å². The first-order chi connectivity index (χ1) is 15.9. The van der Waals surface area contributed by atoms with Gasteiger partial charge in [-0.2, -0.15) is 119 Å². The molecule has 2 aliphatic rings. The Morgan fingerprint density at radius 1 is 0.559 bits per heavy atom. The summed E-state index contributed by atoms with van der Waals surface area (Å²) in [6, 6.07) is 38.4. The second-order valence-corrected chi connectivity index (χ2v) is 7.72. The van der Waals surface area contributed by atoms with Crippen LogP contribution in [0.4, 0.5) is 0 Å². The van der Waals surface area contributed by atoms with Gasteiger partial charge in [0, 0.05) is 0 Å². The van der Waals surface area contributed by atoms with Crippen LogP contribution in [0.5, 0.6) is 0 Å². The van der Waals surface area contributed by atoms with Gasteiger partial charge < -0.3 is 0 Å². The van der Waals surface area contributed by atoms with E-state index >= 15 is 0 Å². The second-order valence-electron chi connectivity index (χ2n) is 7.72. The van der Waals surface area contributed by atoms with Crippen LogP contribution in [0.25, 0.3) is 0 Å². The Balaban J connectivity index is 0.000000416. The van der Waals surface area contributed by atoms with E-state index in [0.717, 1.165) is 0 Å². The van der Waals surface area contributed by atoms with Gasteiger partial charge in [0.25, 0.3) is 0 Å². The Morgan fingerprint density at radius 3 is 1.18 bits per heavy atom. The van der Waals surface area contributed by atoms with E-state index < -0.39 is 0 Å². The number of benzene rings is 2. The molecule has 4 heteroatoms. The van der Waals surface area contributed by atoms with Crippen LogP contribution in [-0.4, -0.2) is 6.88 Å². The summed E-state index contributed by atoms with van der Waals surface area (Å²) in [6.45, 7) is 1.95. The molecule has 0 saturated carbocycles. The first-order valence-corrected chi connectivity index (χ1v) is 17.5. The van der Waals surface area contributed by atoms with Crippen molar-refractivity contribution in [1.29, 1.82) is 0 Å². The molecular formula is C30H36Cl2SiZr-4. The molecule has 0 spiro atoms. The van der Waals surface area contributed by atoms with Crippen molar-refractivity contribution in [1.82, 2.24) is 0 Å². The largest absolute Gasteiger partial charge is 0.210 e. The number of hydrogen-bond donors (Lipinski definition) is 0. The van der Waals surface area contributed by atoms with Gasteiger partial charge in [0.05, 0.1) is 0 Å². The van der Waals surface area contributed by atoms with Crippen molar-refractivity contribution in [2.75, 3.05) is 0 Å². The molecule has 6 rings (SSSR count). The van der Waals surface area contributed by atoms with Gasteiger partial charge in [0.1, 0.15) is 0 Å². The van der Waals surface area contributed by atoms with Gasteiger partial charge in [-0.05, 0) is 0 Å². The average Bonchev–Trinajstić information content (AvgIpc) is 3.58. The standard InChI is InChI=1S/2C9H11.2C6H5.2ClH.H2Si.Zr/c2*1-2-5-9-7-3-6-8(9)4-1;2*1-2-4-6-5-3-1;;;;/h2*3,6-7H,1-2,4-5H2;2*1-5H;2*1H;1H2;/q4*-1;;;;. The predicted octanol–water partition coefficient (Wildman–Crippen LogP) is 7.47. The third kappa shape index (κ3) is 13.6. The summed E-state index contributed by atoms with van der Waals surface area (Å²) in [7, 11) is 0. The van der Waals surface area contributed by atoms with Crippen molar-refractivity contribution in [2.45, 2.75) is 51.4 Å². The molecule has 0 unspecified atom stereocenters. The Morgan fingerprint density at radius 2 is 0.912 bits per heavy atom. The third-order valence-electron chi connectivity index (χ3n) is 5.51. The van der Waals surface area contributed by atoms with Crippen LogP contribution in [0.15, 0.2) is 97.1 Å². The number of halogens is 2. The Bertz CT molecular complexity index is 762. The number of rotatable bonds is 0. The molecule has 0 bridgehead atoms. The molecule has 0 aromatic heterocycles. The molecule has 0 heterocycles. The van der Waals surface area contributed by atoms with Gasteiger partial charge in [0.2, 0.25) is 0 Å². The van der Waals surface area contributed by atoms with Crippen molar-refractivity contribution in [3.05, 3.63) is 131 Å². The summed E-state index contributed by atoms with van der Waals surface area (Å²) in [5.41, 5.74) is 6.39. The molecule has 0 fully saturated rings. The molecule has 2 aliphatic carbocycles. The first kappa shape index (κ1) is 32.8. The van der Waals surface area contributed by atoms with E-state index in [2.05, 4.69) is 48.5 Å². The van der Waals surface area contributed by atoms with Gasteiger partial charge in [-0.25, -0.2) is 12.1 Å². The summed E-state index contributed by atoms with van der Waals surface area (Å²) in [6.07, 6.45) is 10.9. The molecule has 4 aromatic carbocycles. The minimum atomic E-state index is 0. The van der Waals surface area contributed by atoms with E-state index in [1.165, 1.54) is 51.4 Å². The van der Waals surface area contributed by atoms with E-state index in [1.54, 1.807) is 45.6 Å². The average molecular weight is 587 g/mol. The molecule has 34 heavy (non-hydrogen) atoms. The number of hydrogen-bond acceptors (Lipinski definition) is 0. The Hall–Kier alpha value is -1.18. The molecule has 4 aromatic rings. The fourth-order valence-electron chi connectivity index (χ4n) is 3.91. The Labute approximate surface area is 236 Å². The molecule has 0 saturated heterocycles. The Kier molecular flexibility index (Phi) is 21.5. The molecule has 0 nitrogen and oxygen atoms in total. The second kappa shape index (κ2) is 22.3. The van der Waals surface area contributed by atoms with Gasteiger partial charge in [-0.3, -0.25) is 0 Å². The fourth-order valence-corrected chi connectivity index (χ4v) is 3.91. The zero-order valence-electron chi connectivity index (χ0n) is 19.9.